The molecule has 0 heterocycles. The van der Waals surface area contributed by atoms with Crippen LogP contribution in [0.4, 0.5) is 0 Å². The van der Waals surface area contributed by atoms with Gasteiger partial charge in [-0.3, -0.25) is 9.79 Å². The zero-order chi connectivity index (χ0) is 18.7. The van der Waals surface area contributed by atoms with Crippen molar-refractivity contribution < 1.29 is 9.90 Å². The Labute approximate surface area is 159 Å². The van der Waals surface area contributed by atoms with Gasteiger partial charge < -0.3 is 5.11 Å². The average Bonchev–Trinajstić information content (AvgIpc) is 2.58. The topological polar surface area (TPSA) is 49.7 Å². The van der Waals surface area contributed by atoms with Gasteiger partial charge in [-0.1, -0.05) is 67.9 Å². The summed E-state index contributed by atoms with van der Waals surface area (Å²) in [7, 11) is 0. The van der Waals surface area contributed by atoms with Crippen LogP contribution in [0.25, 0.3) is 0 Å². The van der Waals surface area contributed by atoms with Crippen LogP contribution in [0.15, 0.2) is 70.9 Å². The number of allylic oxidation sites excluding steroid dienone is 2. The molecular weight excluding hydrogens is 346 g/mol. The number of carbonyl (C=O) groups excluding carboxylic acids is 1. The van der Waals surface area contributed by atoms with Crippen molar-refractivity contribution in [1.29, 1.82) is 0 Å². The summed E-state index contributed by atoms with van der Waals surface area (Å²) in [6.07, 6.45) is 2.42. The lowest BCUT2D eigenvalue weighted by molar-refractivity contribution is -0.117. The van der Waals surface area contributed by atoms with Crippen molar-refractivity contribution in [3.8, 4) is 0 Å². The predicted octanol–water partition coefficient (Wildman–Crippen LogP) is 5.70. The molecule has 0 amide bonds. The van der Waals surface area contributed by atoms with Crippen molar-refractivity contribution in [2.75, 3.05) is 0 Å². The molecular formula is C22H22ClNO2. The molecule has 0 saturated heterocycles. The second-order valence-corrected chi connectivity index (χ2v) is 7.88. The van der Waals surface area contributed by atoms with E-state index in [-0.39, 0.29) is 23.0 Å². The number of aliphatic imine (C=N–C) groups is 1. The average molecular weight is 368 g/mol. The first-order chi connectivity index (χ1) is 12.4. The van der Waals surface area contributed by atoms with Crippen molar-refractivity contribution >= 4 is 23.6 Å². The third-order valence-corrected chi connectivity index (χ3v) is 4.80. The lowest BCUT2D eigenvalue weighted by Gasteiger charge is -2.28. The molecule has 134 valence electrons. The number of Topliss-reactive ketones (excluding diaryl/α,β-unsaturated/α-hetero) is 1. The molecule has 1 aliphatic rings. The Bertz CT molecular complexity index is 851. The Hall–Kier alpha value is -2.39. The Morgan fingerprint density at radius 2 is 1.65 bits per heavy atom. The molecule has 0 aliphatic heterocycles. The van der Waals surface area contributed by atoms with Crippen LogP contribution in [0.3, 0.4) is 0 Å². The van der Waals surface area contributed by atoms with Crippen LogP contribution in [0.1, 0.15) is 43.9 Å². The maximum absolute atomic E-state index is 12.4. The Kier molecular flexibility index (Phi) is 5.28. The molecule has 0 aromatic heterocycles. The lowest BCUT2D eigenvalue weighted by atomic mass is 9.77. The van der Waals surface area contributed by atoms with E-state index in [4.69, 9.17) is 11.6 Å². The van der Waals surface area contributed by atoms with Crippen LogP contribution >= 0.6 is 11.6 Å². The Balaban J connectivity index is 1.97. The monoisotopic (exact) mass is 367 g/mol. The molecule has 1 atom stereocenters. The summed E-state index contributed by atoms with van der Waals surface area (Å²) in [5.74, 6) is 0.0586. The second-order valence-electron chi connectivity index (χ2n) is 7.44. The Morgan fingerprint density at radius 1 is 1.04 bits per heavy atom. The number of hydrogen-bond acceptors (Lipinski definition) is 3. The predicted molar refractivity (Wildman–Crippen MR) is 106 cm³/mol. The van der Waals surface area contributed by atoms with Crippen LogP contribution in [0.5, 0.6) is 0 Å². The van der Waals surface area contributed by atoms with Gasteiger partial charge >= 0.3 is 0 Å². The number of aliphatic hydroxyl groups excluding tert-OH is 1. The van der Waals surface area contributed by atoms with Crippen LogP contribution in [0.2, 0.25) is 5.02 Å². The largest absolute Gasteiger partial charge is 0.511 e. The molecule has 2 aromatic rings. The van der Waals surface area contributed by atoms with Crippen LogP contribution < -0.4 is 0 Å². The first-order valence-corrected chi connectivity index (χ1v) is 9.02. The normalized spacial score (nSPS) is 18.3. The van der Waals surface area contributed by atoms with E-state index in [1.54, 1.807) is 0 Å². The molecule has 3 nitrogen and oxygen atoms in total. The van der Waals surface area contributed by atoms with E-state index in [0.717, 1.165) is 11.1 Å². The minimum absolute atomic E-state index is 0.0644. The van der Waals surface area contributed by atoms with Gasteiger partial charge in [0.2, 0.25) is 0 Å². The molecule has 0 unspecified atom stereocenters. The summed E-state index contributed by atoms with van der Waals surface area (Å²) in [6.45, 7) is 3.96. The van der Waals surface area contributed by atoms with E-state index in [0.29, 0.717) is 23.4 Å². The number of halogens is 1. The number of hydrogen-bond donors (Lipinski definition) is 1. The van der Waals surface area contributed by atoms with Crippen molar-refractivity contribution in [3.63, 3.8) is 0 Å². The van der Waals surface area contributed by atoms with Gasteiger partial charge in [0, 0.05) is 24.1 Å². The summed E-state index contributed by atoms with van der Waals surface area (Å²) in [6, 6.07) is 17.1. The minimum Gasteiger partial charge on any atom is -0.511 e. The van der Waals surface area contributed by atoms with E-state index < -0.39 is 0 Å². The number of benzene rings is 2. The molecule has 26 heavy (non-hydrogen) atoms. The van der Waals surface area contributed by atoms with Gasteiger partial charge in [0.05, 0.1) is 11.6 Å². The third kappa shape index (κ3) is 4.23. The fraction of sp³-hybridized carbons (Fsp3) is 0.273. The van der Waals surface area contributed by atoms with Crippen LogP contribution in [-0.2, 0) is 4.79 Å². The van der Waals surface area contributed by atoms with Crippen molar-refractivity contribution in [2.45, 2.75) is 32.7 Å². The molecule has 0 bridgehead atoms. The smallest absolute Gasteiger partial charge is 0.168 e. The van der Waals surface area contributed by atoms with E-state index >= 15 is 0 Å². The van der Waals surface area contributed by atoms with Gasteiger partial charge in [0.15, 0.2) is 5.78 Å². The lowest BCUT2D eigenvalue weighted by Crippen LogP contribution is -2.26. The van der Waals surface area contributed by atoms with E-state index in [1.807, 2.05) is 68.4 Å². The number of aliphatic hydroxyl groups is 1. The first kappa shape index (κ1) is 18.4. The van der Waals surface area contributed by atoms with E-state index in [1.165, 1.54) is 6.21 Å². The molecule has 0 saturated carbocycles. The van der Waals surface area contributed by atoms with Crippen molar-refractivity contribution in [1.82, 2.24) is 0 Å². The highest BCUT2D eigenvalue weighted by Gasteiger charge is 2.32. The standard InChI is InChI=1S/C22H22ClNO2/c1-22(2)12-19(25)18(20(26)13-22)14-24-21(15-6-4-3-5-7-15)16-8-10-17(23)11-9-16/h3-11,14,21,25H,12-13H2,1-2H3/t21-/m1/s1. The fourth-order valence-corrected chi connectivity index (χ4v) is 3.37. The van der Waals surface area contributed by atoms with Gasteiger partial charge in [0.1, 0.15) is 5.76 Å². The molecule has 0 fully saturated rings. The van der Waals surface area contributed by atoms with Crippen molar-refractivity contribution in [2.24, 2.45) is 10.4 Å². The molecule has 4 heteroatoms. The minimum atomic E-state index is -0.267. The molecule has 0 radical (unpaired) electrons. The molecule has 0 spiro atoms. The summed E-state index contributed by atoms with van der Waals surface area (Å²) in [5.41, 5.74) is 2.09. The number of ketones is 1. The highest BCUT2D eigenvalue weighted by Crippen LogP contribution is 2.35. The zero-order valence-electron chi connectivity index (χ0n) is 14.9. The first-order valence-electron chi connectivity index (χ1n) is 8.65. The number of rotatable bonds is 4. The SMILES string of the molecule is CC1(C)CC(=O)C(C=N[C@H](c2ccccc2)c2ccc(Cl)cc2)=C(O)C1. The number of carbonyl (C=O) groups is 1. The number of nitrogens with zero attached hydrogens (tertiary/aromatic N) is 1. The third-order valence-electron chi connectivity index (χ3n) is 4.55. The maximum Gasteiger partial charge on any atom is 0.168 e. The quantitative estimate of drug-likeness (QED) is 0.704. The molecule has 3 rings (SSSR count). The maximum atomic E-state index is 12.4. The molecule has 1 aliphatic carbocycles. The van der Waals surface area contributed by atoms with Crippen LogP contribution in [-0.4, -0.2) is 17.1 Å². The van der Waals surface area contributed by atoms with Gasteiger partial charge in [-0.15, -0.1) is 0 Å². The Morgan fingerprint density at radius 3 is 2.27 bits per heavy atom. The van der Waals surface area contributed by atoms with Crippen molar-refractivity contribution in [3.05, 3.63) is 82.1 Å². The highest BCUT2D eigenvalue weighted by molar-refractivity contribution is 6.30. The summed E-state index contributed by atoms with van der Waals surface area (Å²) in [4.78, 5) is 17.1. The van der Waals surface area contributed by atoms with Gasteiger partial charge in [-0.2, -0.15) is 0 Å². The fourth-order valence-electron chi connectivity index (χ4n) is 3.24. The van der Waals surface area contributed by atoms with Gasteiger partial charge in [-0.05, 0) is 28.7 Å². The van der Waals surface area contributed by atoms with Gasteiger partial charge in [-0.25, -0.2) is 0 Å². The van der Waals surface area contributed by atoms with Gasteiger partial charge in [0.25, 0.3) is 0 Å². The van der Waals surface area contributed by atoms with E-state index in [2.05, 4.69) is 4.99 Å². The zero-order valence-corrected chi connectivity index (χ0v) is 15.7. The summed E-state index contributed by atoms with van der Waals surface area (Å²) in [5, 5.41) is 11.0. The van der Waals surface area contributed by atoms with E-state index in [9.17, 15) is 9.90 Å². The second kappa shape index (κ2) is 7.46. The molecule has 2 aromatic carbocycles. The summed E-state index contributed by atoms with van der Waals surface area (Å²) >= 11 is 6.00. The van der Waals surface area contributed by atoms with Crippen LogP contribution in [0, 0.1) is 5.41 Å². The summed E-state index contributed by atoms with van der Waals surface area (Å²) < 4.78 is 0. The molecule has 1 N–H and O–H groups in total. The highest BCUT2D eigenvalue weighted by atomic mass is 35.5.